The molecule has 20 heavy (non-hydrogen) atoms. The van der Waals surface area contributed by atoms with Crippen LogP contribution in [0.4, 0.5) is 0 Å². The molecule has 0 aromatic rings. The van der Waals surface area contributed by atoms with Gasteiger partial charge in [-0.2, -0.15) is 0 Å². The number of hydrogen-bond acceptors (Lipinski definition) is 3. The Kier molecular flexibility index (Phi) is 13.8. The van der Waals surface area contributed by atoms with Crippen molar-refractivity contribution in [2.24, 2.45) is 5.73 Å². The van der Waals surface area contributed by atoms with Crippen LogP contribution in [0.3, 0.4) is 0 Å². The first kappa shape index (κ1) is 19.9. The van der Waals surface area contributed by atoms with E-state index in [-0.39, 0.29) is 0 Å². The third-order valence-corrected chi connectivity index (χ3v) is 4.10. The summed E-state index contributed by atoms with van der Waals surface area (Å²) in [6.07, 6.45) is 10.8. The highest BCUT2D eigenvalue weighted by molar-refractivity contribution is 4.75. The quantitative estimate of drug-likeness (QED) is 0.493. The molecule has 0 aromatic carbocycles. The van der Waals surface area contributed by atoms with Crippen molar-refractivity contribution in [3.05, 3.63) is 0 Å². The Morgan fingerprint density at radius 2 is 1.60 bits per heavy atom. The van der Waals surface area contributed by atoms with E-state index < -0.39 is 0 Å². The minimum absolute atomic E-state index is 0.515. The molecule has 0 aliphatic carbocycles. The lowest BCUT2D eigenvalue weighted by Gasteiger charge is -2.34. The van der Waals surface area contributed by atoms with Gasteiger partial charge in [-0.3, -0.25) is 4.90 Å². The van der Waals surface area contributed by atoms with Crippen molar-refractivity contribution in [2.75, 3.05) is 26.8 Å². The summed E-state index contributed by atoms with van der Waals surface area (Å²) in [5.41, 5.74) is 5.98. The van der Waals surface area contributed by atoms with Crippen LogP contribution >= 0.6 is 0 Å². The van der Waals surface area contributed by atoms with Gasteiger partial charge in [-0.1, -0.05) is 51.9 Å². The number of methoxy groups -OCH3 is 1. The molecule has 0 aliphatic heterocycles. The Hall–Kier alpha value is -0.120. The summed E-state index contributed by atoms with van der Waals surface area (Å²) in [5, 5.41) is 0. The van der Waals surface area contributed by atoms with Crippen LogP contribution in [0.2, 0.25) is 0 Å². The molecule has 0 amide bonds. The SMILES string of the molecule is CCCCCCCCCC(CN)N(CCOC)C(C)C. The lowest BCUT2D eigenvalue weighted by Crippen LogP contribution is -2.46. The molecule has 0 saturated heterocycles. The average molecular weight is 287 g/mol. The van der Waals surface area contributed by atoms with E-state index in [1.165, 1.54) is 51.4 Å². The summed E-state index contributed by atoms with van der Waals surface area (Å²) >= 11 is 0. The largest absolute Gasteiger partial charge is 0.383 e. The van der Waals surface area contributed by atoms with Gasteiger partial charge in [-0.25, -0.2) is 0 Å². The lowest BCUT2D eigenvalue weighted by molar-refractivity contribution is 0.0933. The molecule has 0 fully saturated rings. The minimum atomic E-state index is 0.515. The molecule has 1 unspecified atom stereocenters. The fraction of sp³-hybridized carbons (Fsp3) is 1.00. The average Bonchev–Trinajstić information content (AvgIpc) is 2.44. The van der Waals surface area contributed by atoms with Crippen molar-refractivity contribution in [2.45, 2.75) is 84.2 Å². The number of nitrogens with zero attached hydrogens (tertiary/aromatic N) is 1. The molecule has 2 N–H and O–H groups in total. The Balaban J connectivity index is 3.86. The monoisotopic (exact) mass is 286 g/mol. The van der Waals surface area contributed by atoms with Crippen molar-refractivity contribution in [3.63, 3.8) is 0 Å². The Labute approximate surface area is 127 Å². The number of unbranched alkanes of at least 4 members (excludes halogenated alkanes) is 6. The van der Waals surface area contributed by atoms with E-state index in [1.54, 1.807) is 7.11 Å². The van der Waals surface area contributed by atoms with Gasteiger partial charge in [0.2, 0.25) is 0 Å². The maximum atomic E-state index is 5.98. The van der Waals surface area contributed by atoms with Gasteiger partial charge < -0.3 is 10.5 Å². The third-order valence-electron chi connectivity index (χ3n) is 4.10. The van der Waals surface area contributed by atoms with Gasteiger partial charge in [0, 0.05) is 32.3 Å². The smallest absolute Gasteiger partial charge is 0.0589 e. The fourth-order valence-corrected chi connectivity index (χ4v) is 2.82. The van der Waals surface area contributed by atoms with Gasteiger partial charge >= 0.3 is 0 Å². The Morgan fingerprint density at radius 3 is 2.10 bits per heavy atom. The number of hydrogen-bond donors (Lipinski definition) is 1. The van der Waals surface area contributed by atoms with Crippen molar-refractivity contribution in [3.8, 4) is 0 Å². The molecule has 3 heteroatoms. The normalized spacial score (nSPS) is 13.3. The van der Waals surface area contributed by atoms with E-state index in [4.69, 9.17) is 10.5 Å². The van der Waals surface area contributed by atoms with Crippen LogP contribution in [0.1, 0.15) is 72.1 Å². The third kappa shape index (κ3) is 9.73. The zero-order valence-corrected chi connectivity index (χ0v) is 14.4. The van der Waals surface area contributed by atoms with Crippen LogP contribution < -0.4 is 5.73 Å². The van der Waals surface area contributed by atoms with Crippen LogP contribution in [0.25, 0.3) is 0 Å². The second-order valence-corrected chi connectivity index (χ2v) is 6.12. The van der Waals surface area contributed by atoms with Gasteiger partial charge in [0.1, 0.15) is 0 Å². The number of ether oxygens (including phenoxy) is 1. The number of rotatable bonds is 14. The predicted octanol–water partition coefficient (Wildman–Crippen LogP) is 3.81. The first-order chi connectivity index (χ1) is 9.67. The lowest BCUT2D eigenvalue weighted by atomic mass is 10.0. The molecule has 3 nitrogen and oxygen atoms in total. The van der Waals surface area contributed by atoms with Crippen molar-refractivity contribution in [1.29, 1.82) is 0 Å². The molecule has 0 bridgehead atoms. The van der Waals surface area contributed by atoms with E-state index in [1.807, 2.05) is 0 Å². The fourth-order valence-electron chi connectivity index (χ4n) is 2.82. The number of nitrogens with two attached hydrogens (primary N) is 1. The highest BCUT2D eigenvalue weighted by Gasteiger charge is 2.19. The minimum Gasteiger partial charge on any atom is -0.383 e. The van der Waals surface area contributed by atoms with Crippen LogP contribution in [0, 0.1) is 0 Å². The van der Waals surface area contributed by atoms with Crippen LogP contribution in [0.15, 0.2) is 0 Å². The second kappa shape index (κ2) is 13.8. The van der Waals surface area contributed by atoms with Gasteiger partial charge in [-0.15, -0.1) is 0 Å². The predicted molar refractivity (Wildman–Crippen MR) is 89.2 cm³/mol. The first-order valence-corrected chi connectivity index (χ1v) is 8.62. The van der Waals surface area contributed by atoms with Gasteiger partial charge in [0.15, 0.2) is 0 Å². The summed E-state index contributed by atoms with van der Waals surface area (Å²) in [6, 6.07) is 1.06. The standard InChI is InChI=1S/C17H38N2O/c1-5-6-7-8-9-10-11-12-17(15-18)19(16(2)3)13-14-20-4/h16-17H,5-15,18H2,1-4H3. The maximum absolute atomic E-state index is 5.98. The van der Waals surface area contributed by atoms with E-state index in [0.717, 1.165) is 19.7 Å². The zero-order chi connectivity index (χ0) is 15.2. The molecule has 0 rings (SSSR count). The van der Waals surface area contributed by atoms with Gasteiger partial charge in [-0.05, 0) is 20.3 Å². The van der Waals surface area contributed by atoms with Crippen LogP contribution in [-0.4, -0.2) is 43.8 Å². The molecule has 0 radical (unpaired) electrons. The molecule has 122 valence electrons. The van der Waals surface area contributed by atoms with Gasteiger partial charge in [0.25, 0.3) is 0 Å². The van der Waals surface area contributed by atoms with E-state index in [9.17, 15) is 0 Å². The summed E-state index contributed by atoms with van der Waals surface area (Å²) in [5.74, 6) is 0. The second-order valence-electron chi connectivity index (χ2n) is 6.12. The maximum Gasteiger partial charge on any atom is 0.0589 e. The highest BCUT2D eigenvalue weighted by atomic mass is 16.5. The molecular formula is C17H38N2O. The zero-order valence-electron chi connectivity index (χ0n) is 14.4. The summed E-state index contributed by atoms with van der Waals surface area (Å²) in [6.45, 7) is 9.33. The van der Waals surface area contributed by atoms with E-state index in [0.29, 0.717) is 12.1 Å². The first-order valence-electron chi connectivity index (χ1n) is 8.62. The van der Waals surface area contributed by atoms with E-state index in [2.05, 4.69) is 25.7 Å². The Morgan fingerprint density at radius 1 is 1.00 bits per heavy atom. The highest BCUT2D eigenvalue weighted by Crippen LogP contribution is 2.14. The summed E-state index contributed by atoms with van der Waals surface area (Å²) in [4.78, 5) is 2.50. The van der Waals surface area contributed by atoms with Crippen LogP contribution in [-0.2, 0) is 4.74 Å². The van der Waals surface area contributed by atoms with Gasteiger partial charge in [0.05, 0.1) is 6.61 Å². The molecule has 0 spiro atoms. The van der Waals surface area contributed by atoms with Crippen LogP contribution in [0.5, 0.6) is 0 Å². The van der Waals surface area contributed by atoms with Crippen molar-refractivity contribution >= 4 is 0 Å². The summed E-state index contributed by atoms with van der Waals surface area (Å²) in [7, 11) is 1.77. The Bertz CT molecular complexity index is 197. The molecule has 0 saturated carbocycles. The summed E-state index contributed by atoms with van der Waals surface area (Å²) < 4.78 is 5.22. The topological polar surface area (TPSA) is 38.5 Å². The van der Waals surface area contributed by atoms with Crippen molar-refractivity contribution in [1.82, 2.24) is 4.90 Å². The molecular weight excluding hydrogens is 248 g/mol. The van der Waals surface area contributed by atoms with E-state index >= 15 is 0 Å². The molecule has 1 atom stereocenters. The van der Waals surface area contributed by atoms with Crippen molar-refractivity contribution < 1.29 is 4.74 Å². The molecule has 0 heterocycles. The molecule has 0 aromatic heterocycles. The molecule has 0 aliphatic rings.